The van der Waals surface area contributed by atoms with Crippen LogP contribution < -0.4 is 15.8 Å². The maximum atomic E-state index is 12.7. The van der Waals surface area contributed by atoms with E-state index in [0.717, 1.165) is 27.8 Å². The van der Waals surface area contributed by atoms with Gasteiger partial charge in [-0.1, -0.05) is 0 Å². The van der Waals surface area contributed by atoms with Crippen LogP contribution in [0.15, 0.2) is 4.90 Å². The van der Waals surface area contributed by atoms with Crippen LogP contribution in [-0.2, 0) is 14.8 Å². The first-order chi connectivity index (χ1) is 11.3. The molecule has 0 spiro atoms. The van der Waals surface area contributed by atoms with Crippen molar-refractivity contribution in [2.45, 2.75) is 65.3 Å². The van der Waals surface area contributed by atoms with E-state index in [9.17, 15) is 13.2 Å². The van der Waals surface area contributed by atoms with Gasteiger partial charge in [0.25, 0.3) is 0 Å². The Morgan fingerprint density at radius 3 is 1.84 bits per heavy atom. The summed E-state index contributed by atoms with van der Waals surface area (Å²) >= 11 is 0. The average Bonchev–Trinajstić information content (AvgIpc) is 2.48. The van der Waals surface area contributed by atoms with Gasteiger partial charge in [-0.25, -0.2) is 13.1 Å². The largest absolute Gasteiger partial charge is 0.354 e. The summed E-state index contributed by atoms with van der Waals surface area (Å²) in [7, 11) is -3.68. The van der Waals surface area contributed by atoms with E-state index < -0.39 is 15.6 Å². The Kier molecular flexibility index (Phi) is 6.78. The van der Waals surface area contributed by atoms with Crippen LogP contribution in [0, 0.1) is 34.6 Å². The molecular weight excluding hydrogens is 338 g/mol. The first-order valence-corrected chi connectivity index (χ1v) is 9.88. The Bertz CT molecular complexity index is 734. The molecule has 0 fully saturated rings. The molecule has 0 aliphatic rings. The van der Waals surface area contributed by atoms with Crippen LogP contribution in [0.25, 0.3) is 0 Å². The van der Waals surface area contributed by atoms with Crippen LogP contribution in [0.3, 0.4) is 0 Å². The van der Waals surface area contributed by atoms with E-state index in [1.807, 2.05) is 48.5 Å². The second-order valence-corrected chi connectivity index (χ2v) is 9.07. The number of nitrogens with two attached hydrogens (primary N) is 1. The van der Waals surface area contributed by atoms with E-state index >= 15 is 0 Å². The lowest BCUT2D eigenvalue weighted by atomic mass is 9.95. The van der Waals surface area contributed by atoms with Gasteiger partial charge in [0.05, 0.1) is 4.90 Å². The highest BCUT2D eigenvalue weighted by Crippen LogP contribution is 2.29. The summed E-state index contributed by atoms with van der Waals surface area (Å²) in [5.41, 5.74) is 9.88. The zero-order valence-electron chi connectivity index (χ0n) is 16.3. The van der Waals surface area contributed by atoms with Gasteiger partial charge in [0.1, 0.15) is 0 Å². The van der Waals surface area contributed by atoms with Gasteiger partial charge in [-0.05, 0) is 76.3 Å². The Balaban J connectivity index is 2.86. The summed E-state index contributed by atoms with van der Waals surface area (Å²) in [4.78, 5) is 12.1. The number of hydrogen-bond donors (Lipinski definition) is 3. The quantitative estimate of drug-likeness (QED) is 0.681. The number of rotatable bonds is 7. The molecule has 0 heterocycles. The lowest BCUT2D eigenvalue weighted by Crippen LogP contribution is -2.45. The first-order valence-electron chi connectivity index (χ1n) is 8.40. The minimum atomic E-state index is -3.68. The molecule has 0 unspecified atom stereocenters. The molecule has 1 rings (SSSR count). The van der Waals surface area contributed by atoms with Gasteiger partial charge in [0.2, 0.25) is 15.9 Å². The van der Waals surface area contributed by atoms with Crippen LogP contribution >= 0.6 is 0 Å². The lowest BCUT2D eigenvalue weighted by Gasteiger charge is -2.20. The predicted molar refractivity (Wildman–Crippen MR) is 101 cm³/mol. The third-order valence-corrected chi connectivity index (χ3v) is 6.32. The van der Waals surface area contributed by atoms with E-state index in [0.29, 0.717) is 11.4 Å². The molecule has 0 saturated heterocycles. The third-order valence-electron chi connectivity index (χ3n) is 4.59. The van der Waals surface area contributed by atoms with E-state index in [4.69, 9.17) is 5.73 Å². The van der Waals surface area contributed by atoms with Crippen molar-refractivity contribution in [2.24, 2.45) is 5.73 Å². The molecule has 4 N–H and O–H groups in total. The van der Waals surface area contributed by atoms with Crippen molar-refractivity contribution < 1.29 is 13.2 Å². The van der Waals surface area contributed by atoms with Gasteiger partial charge in [0.15, 0.2) is 0 Å². The molecule has 1 amide bonds. The molecule has 0 saturated carbocycles. The second kappa shape index (κ2) is 7.85. The minimum Gasteiger partial charge on any atom is -0.354 e. The van der Waals surface area contributed by atoms with Crippen LogP contribution in [0.2, 0.25) is 0 Å². The summed E-state index contributed by atoms with van der Waals surface area (Å²) in [5, 5.41) is 2.70. The fourth-order valence-corrected chi connectivity index (χ4v) is 4.28. The third kappa shape index (κ3) is 5.52. The Morgan fingerprint density at radius 1 is 0.960 bits per heavy atom. The fraction of sp³-hybridized carbons (Fsp3) is 0.611. The molecule has 1 aromatic rings. The van der Waals surface area contributed by atoms with E-state index in [1.165, 1.54) is 0 Å². The Morgan fingerprint density at radius 2 is 1.40 bits per heavy atom. The Hall–Kier alpha value is -1.44. The molecule has 25 heavy (non-hydrogen) atoms. The molecule has 0 aliphatic heterocycles. The minimum absolute atomic E-state index is 0.0457. The topological polar surface area (TPSA) is 101 Å². The van der Waals surface area contributed by atoms with Crippen LogP contribution in [0.1, 0.15) is 48.1 Å². The number of nitrogens with one attached hydrogen (secondary N) is 2. The Labute approximate surface area is 151 Å². The normalized spacial score (nSPS) is 12.3. The molecule has 0 aromatic heterocycles. The van der Waals surface area contributed by atoms with Crippen molar-refractivity contribution in [3.8, 4) is 0 Å². The van der Waals surface area contributed by atoms with Crippen molar-refractivity contribution in [3.63, 3.8) is 0 Å². The zero-order chi connectivity index (χ0) is 19.6. The molecular formula is C18H31N3O3S. The summed E-state index contributed by atoms with van der Waals surface area (Å²) in [6.45, 7) is 13.5. The zero-order valence-corrected chi connectivity index (χ0v) is 17.1. The second-order valence-electron chi connectivity index (χ2n) is 7.37. The van der Waals surface area contributed by atoms with Gasteiger partial charge in [-0.2, -0.15) is 0 Å². The number of hydrogen-bond acceptors (Lipinski definition) is 4. The molecule has 6 nitrogen and oxygen atoms in total. The molecule has 0 bridgehead atoms. The maximum Gasteiger partial charge on any atom is 0.241 e. The van der Waals surface area contributed by atoms with Crippen molar-refractivity contribution in [2.75, 3.05) is 13.1 Å². The van der Waals surface area contributed by atoms with E-state index in [-0.39, 0.29) is 18.9 Å². The molecule has 7 heteroatoms. The summed E-state index contributed by atoms with van der Waals surface area (Å²) < 4.78 is 28.0. The SMILES string of the molecule is Cc1c(C)c(C)c(S(=O)(=O)NCCC(=O)NCC(C)(C)N)c(C)c1C. The maximum absolute atomic E-state index is 12.7. The molecule has 1 aromatic carbocycles. The highest BCUT2D eigenvalue weighted by molar-refractivity contribution is 7.89. The fourth-order valence-electron chi connectivity index (χ4n) is 2.65. The number of benzene rings is 1. The van der Waals surface area contributed by atoms with Gasteiger partial charge in [0, 0.05) is 25.0 Å². The molecule has 0 atom stereocenters. The molecule has 0 radical (unpaired) electrons. The summed E-state index contributed by atoms with van der Waals surface area (Å²) in [6.07, 6.45) is 0.0667. The van der Waals surface area contributed by atoms with Crippen LogP contribution in [0.4, 0.5) is 0 Å². The van der Waals surface area contributed by atoms with Gasteiger partial charge >= 0.3 is 0 Å². The van der Waals surface area contributed by atoms with E-state index in [2.05, 4.69) is 10.0 Å². The van der Waals surface area contributed by atoms with E-state index in [1.54, 1.807) is 0 Å². The highest BCUT2D eigenvalue weighted by Gasteiger charge is 2.23. The predicted octanol–water partition coefficient (Wildman–Crippen LogP) is 1.75. The highest BCUT2D eigenvalue weighted by atomic mass is 32.2. The summed E-state index contributed by atoms with van der Waals surface area (Å²) in [6, 6.07) is 0. The molecule has 142 valence electrons. The monoisotopic (exact) mass is 369 g/mol. The standard InChI is InChI=1S/C18H31N3O3S/c1-11-12(2)14(4)17(15(5)13(11)3)25(23,24)21-9-8-16(22)20-10-18(6,7)19/h21H,8-10,19H2,1-7H3,(H,20,22). The number of sulfonamides is 1. The average molecular weight is 370 g/mol. The molecule has 0 aliphatic carbocycles. The van der Waals surface area contributed by atoms with Gasteiger partial charge in [-0.15, -0.1) is 0 Å². The van der Waals surface area contributed by atoms with Crippen molar-refractivity contribution >= 4 is 15.9 Å². The van der Waals surface area contributed by atoms with Crippen molar-refractivity contribution in [1.29, 1.82) is 0 Å². The van der Waals surface area contributed by atoms with Gasteiger partial charge < -0.3 is 11.1 Å². The van der Waals surface area contributed by atoms with Crippen molar-refractivity contribution in [3.05, 3.63) is 27.8 Å². The van der Waals surface area contributed by atoms with Crippen LogP contribution in [0.5, 0.6) is 0 Å². The number of carbonyl (C=O) groups is 1. The first kappa shape index (κ1) is 21.6. The number of carbonyl (C=O) groups excluding carboxylic acids is 1. The van der Waals surface area contributed by atoms with Crippen LogP contribution in [-0.4, -0.2) is 33.0 Å². The number of amides is 1. The van der Waals surface area contributed by atoms with Gasteiger partial charge in [-0.3, -0.25) is 4.79 Å². The lowest BCUT2D eigenvalue weighted by molar-refractivity contribution is -0.121. The van der Waals surface area contributed by atoms with Crippen molar-refractivity contribution in [1.82, 2.24) is 10.0 Å². The summed E-state index contributed by atoms with van der Waals surface area (Å²) in [5.74, 6) is -0.231. The smallest absolute Gasteiger partial charge is 0.241 e.